The topological polar surface area (TPSA) is 49.4 Å². The first-order valence-corrected chi connectivity index (χ1v) is 9.69. The molecule has 1 aromatic carbocycles. The molecule has 25 heavy (non-hydrogen) atoms. The van der Waals surface area contributed by atoms with Gasteiger partial charge in [-0.05, 0) is 55.8 Å². The molecule has 2 rings (SSSR count). The van der Waals surface area contributed by atoms with Crippen molar-refractivity contribution in [3.05, 3.63) is 57.8 Å². The summed E-state index contributed by atoms with van der Waals surface area (Å²) in [4.78, 5) is 27.3. The van der Waals surface area contributed by atoms with E-state index in [-0.39, 0.29) is 11.8 Å². The van der Waals surface area contributed by atoms with E-state index in [1.807, 2.05) is 44.2 Å². The van der Waals surface area contributed by atoms with Gasteiger partial charge in [0.15, 0.2) is 0 Å². The highest BCUT2D eigenvalue weighted by Crippen LogP contribution is 2.12. The predicted octanol–water partition coefficient (Wildman–Crippen LogP) is 3.87. The maximum atomic E-state index is 12.3. The SMILES string of the molecule is CCN(CC)C(=O)c1ccc(CNC(=O)CCCc2cccs2)cc1. The van der Waals surface area contributed by atoms with Crippen molar-refractivity contribution in [1.29, 1.82) is 0 Å². The number of amides is 2. The molecule has 4 nitrogen and oxygen atoms in total. The summed E-state index contributed by atoms with van der Waals surface area (Å²) >= 11 is 1.73. The molecule has 2 aromatic rings. The van der Waals surface area contributed by atoms with E-state index in [0.29, 0.717) is 31.6 Å². The lowest BCUT2D eigenvalue weighted by molar-refractivity contribution is -0.121. The number of rotatable bonds is 9. The highest BCUT2D eigenvalue weighted by atomic mass is 32.1. The second-order valence-electron chi connectivity index (χ2n) is 5.88. The highest BCUT2D eigenvalue weighted by molar-refractivity contribution is 7.09. The van der Waals surface area contributed by atoms with Crippen molar-refractivity contribution < 1.29 is 9.59 Å². The van der Waals surface area contributed by atoms with E-state index < -0.39 is 0 Å². The number of carbonyl (C=O) groups is 2. The van der Waals surface area contributed by atoms with Crippen LogP contribution in [-0.2, 0) is 17.8 Å². The van der Waals surface area contributed by atoms with Crippen molar-refractivity contribution in [3.8, 4) is 0 Å². The lowest BCUT2D eigenvalue weighted by Crippen LogP contribution is -2.30. The summed E-state index contributed by atoms with van der Waals surface area (Å²) in [5, 5.41) is 5.00. The van der Waals surface area contributed by atoms with Gasteiger partial charge in [0.25, 0.3) is 5.91 Å². The van der Waals surface area contributed by atoms with E-state index in [2.05, 4.69) is 16.8 Å². The lowest BCUT2D eigenvalue weighted by Gasteiger charge is -2.18. The maximum absolute atomic E-state index is 12.3. The van der Waals surface area contributed by atoms with Crippen LogP contribution in [0.15, 0.2) is 41.8 Å². The predicted molar refractivity (Wildman–Crippen MR) is 103 cm³/mol. The van der Waals surface area contributed by atoms with Crippen LogP contribution in [0.3, 0.4) is 0 Å². The molecule has 0 unspecified atom stereocenters. The molecule has 0 bridgehead atoms. The van der Waals surface area contributed by atoms with Crippen LogP contribution >= 0.6 is 11.3 Å². The van der Waals surface area contributed by atoms with Crippen molar-refractivity contribution >= 4 is 23.2 Å². The third-order valence-corrected chi connectivity index (χ3v) is 5.08. The first-order chi connectivity index (χ1) is 12.1. The average molecular weight is 359 g/mol. The largest absolute Gasteiger partial charge is 0.352 e. The molecule has 0 aliphatic rings. The van der Waals surface area contributed by atoms with Gasteiger partial charge in [0, 0.05) is 36.5 Å². The molecule has 0 saturated carbocycles. The molecular formula is C20H26N2O2S. The van der Waals surface area contributed by atoms with Crippen LogP contribution in [0, 0.1) is 0 Å². The normalized spacial score (nSPS) is 10.5. The molecule has 134 valence electrons. The minimum Gasteiger partial charge on any atom is -0.352 e. The fourth-order valence-corrected chi connectivity index (χ4v) is 3.38. The molecule has 0 fully saturated rings. The second kappa shape index (κ2) is 9.99. The van der Waals surface area contributed by atoms with Gasteiger partial charge in [-0.25, -0.2) is 0 Å². The van der Waals surface area contributed by atoms with Crippen molar-refractivity contribution in [1.82, 2.24) is 10.2 Å². The smallest absolute Gasteiger partial charge is 0.253 e. The van der Waals surface area contributed by atoms with Crippen LogP contribution in [0.1, 0.15) is 47.5 Å². The van der Waals surface area contributed by atoms with Gasteiger partial charge >= 0.3 is 0 Å². The molecular weight excluding hydrogens is 332 g/mol. The van der Waals surface area contributed by atoms with Crippen LogP contribution in [0.25, 0.3) is 0 Å². The van der Waals surface area contributed by atoms with Gasteiger partial charge < -0.3 is 10.2 Å². The Morgan fingerprint density at radius 1 is 1.08 bits per heavy atom. The van der Waals surface area contributed by atoms with Crippen molar-refractivity contribution in [2.45, 2.75) is 39.7 Å². The second-order valence-corrected chi connectivity index (χ2v) is 6.92. The molecule has 0 atom stereocenters. The Morgan fingerprint density at radius 2 is 1.80 bits per heavy atom. The number of aryl methyl sites for hydroxylation is 1. The standard InChI is InChI=1S/C20H26N2O2S/c1-3-22(4-2)20(24)17-12-10-16(11-13-17)15-21-19(23)9-5-7-18-8-6-14-25-18/h6,8,10-14H,3-5,7,9,15H2,1-2H3,(H,21,23). The summed E-state index contributed by atoms with van der Waals surface area (Å²) in [7, 11) is 0. The number of nitrogens with one attached hydrogen (secondary N) is 1. The van der Waals surface area contributed by atoms with Gasteiger partial charge in [0.05, 0.1) is 0 Å². The first-order valence-electron chi connectivity index (χ1n) is 8.81. The van der Waals surface area contributed by atoms with E-state index in [1.165, 1.54) is 4.88 Å². The molecule has 2 amide bonds. The van der Waals surface area contributed by atoms with Gasteiger partial charge in [-0.15, -0.1) is 11.3 Å². The fourth-order valence-electron chi connectivity index (χ4n) is 2.63. The number of hydrogen-bond acceptors (Lipinski definition) is 3. The zero-order chi connectivity index (χ0) is 18.1. The minimum absolute atomic E-state index is 0.0502. The minimum atomic E-state index is 0.0502. The molecule has 1 aromatic heterocycles. The highest BCUT2D eigenvalue weighted by Gasteiger charge is 2.12. The van der Waals surface area contributed by atoms with Crippen molar-refractivity contribution in [2.24, 2.45) is 0 Å². The Kier molecular flexibility index (Phi) is 7.67. The number of nitrogens with zero attached hydrogens (tertiary/aromatic N) is 1. The Morgan fingerprint density at radius 3 is 2.40 bits per heavy atom. The van der Waals surface area contributed by atoms with Crippen LogP contribution in [0.2, 0.25) is 0 Å². The van der Waals surface area contributed by atoms with Crippen LogP contribution in [-0.4, -0.2) is 29.8 Å². The van der Waals surface area contributed by atoms with E-state index in [9.17, 15) is 9.59 Å². The third kappa shape index (κ3) is 6.02. The van der Waals surface area contributed by atoms with Crippen molar-refractivity contribution in [2.75, 3.05) is 13.1 Å². The number of benzene rings is 1. The summed E-state index contributed by atoms with van der Waals surface area (Å²) in [6.45, 7) is 5.86. The van der Waals surface area contributed by atoms with Gasteiger partial charge in [0.1, 0.15) is 0 Å². The average Bonchev–Trinajstić information content (AvgIpc) is 3.15. The number of carbonyl (C=O) groups excluding carboxylic acids is 2. The molecule has 0 aliphatic carbocycles. The van der Waals surface area contributed by atoms with Gasteiger partial charge in [-0.3, -0.25) is 9.59 Å². The molecule has 1 N–H and O–H groups in total. The van der Waals surface area contributed by atoms with E-state index in [4.69, 9.17) is 0 Å². The Balaban J connectivity index is 1.75. The summed E-state index contributed by atoms with van der Waals surface area (Å²) in [5.41, 5.74) is 1.69. The monoisotopic (exact) mass is 358 g/mol. The van der Waals surface area contributed by atoms with Crippen LogP contribution in [0.4, 0.5) is 0 Å². The van der Waals surface area contributed by atoms with Gasteiger partial charge in [-0.1, -0.05) is 18.2 Å². The number of thiophene rings is 1. The number of hydrogen-bond donors (Lipinski definition) is 1. The Labute approximate surface area is 153 Å². The Bertz CT molecular complexity index is 662. The summed E-state index contributed by atoms with van der Waals surface area (Å²) in [5.74, 6) is 0.119. The van der Waals surface area contributed by atoms with Crippen molar-refractivity contribution in [3.63, 3.8) is 0 Å². The van der Waals surface area contributed by atoms with Crippen LogP contribution in [0.5, 0.6) is 0 Å². The molecule has 0 aliphatic heterocycles. The first kappa shape index (κ1) is 19.2. The van der Waals surface area contributed by atoms with E-state index in [0.717, 1.165) is 18.4 Å². The third-order valence-electron chi connectivity index (χ3n) is 4.15. The molecule has 0 saturated heterocycles. The zero-order valence-corrected chi connectivity index (χ0v) is 15.8. The summed E-state index contributed by atoms with van der Waals surface area (Å²) < 4.78 is 0. The maximum Gasteiger partial charge on any atom is 0.253 e. The van der Waals surface area contributed by atoms with Gasteiger partial charge in [-0.2, -0.15) is 0 Å². The van der Waals surface area contributed by atoms with E-state index >= 15 is 0 Å². The zero-order valence-electron chi connectivity index (χ0n) is 15.0. The lowest BCUT2D eigenvalue weighted by atomic mass is 10.1. The van der Waals surface area contributed by atoms with E-state index in [1.54, 1.807) is 16.2 Å². The van der Waals surface area contributed by atoms with Crippen LogP contribution < -0.4 is 5.32 Å². The molecule has 5 heteroatoms. The molecule has 0 spiro atoms. The Hall–Kier alpha value is -2.14. The summed E-state index contributed by atoms with van der Waals surface area (Å²) in [6, 6.07) is 11.6. The molecule has 0 radical (unpaired) electrons. The summed E-state index contributed by atoms with van der Waals surface area (Å²) in [6.07, 6.45) is 2.35. The molecule has 1 heterocycles. The quantitative estimate of drug-likeness (QED) is 0.740. The van der Waals surface area contributed by atoms with Gasteiger partial charge in [0.2, 0.25) is 5.91 Å². The fraction of sp³-hybridized carbons (Fsp3) is 0.400.